The van der Waals surface area contributed by atoms with Crippen LogP contribution in [0.15, 0.2) is 28.7 Å². The molecule has 0 unspecified atom stereocenters. The van der Waals surface area contributed by atoms with Gasteiger partial charge in [0.1, 0.15) is 6.07 Å². The van der Waals surface area contributed by atoms with Crippen molar-refractivity contribution in [2.24, 2.45) is 0 Å². The highest BCUT2D eigenvalue weighted by molar-refractivity contribution is 5.73. The van der Waals surface area contributed by atoms with E-state index < -0.39 is 0 Å². The van der Waals surface area contributed by atoms with Crippen LogP contribution in [0.5, 0.6) is 0 Å². The van der Waals surface area contributed by atoms with Crippen LogP contribution in [0.4, 0.5) is 5.88 Å². The lowest BCUT2D eigenvalue weighted by atomic mass is 9.87. The fourth-order valence-electron chi connectivity index (χ4n) is 3.17. The highest BCUT2D eigenvalue weighted by Gasteiger charge is 2.24. The molecule has 0 N–H and O–H groups in total. The lowest BCUT2D eigenvalue weighted by Crippen LogP contribution is -2.48. The van der Waals surface area contributed by atoms with Crippen LogP contribution >= 0.6 is 0 Å². The normalized spacial score (nSPS) is 15.1. The topological polar surface area (TPSA) is 73.4 Å². The molecule has 146 valence electrons. The lowest BCUT2D eigenvalue weighted by molar-refractivity contribution is -0.129. The minimum Gasteiger partial charge on any atom is -0.420 e. The Bertz CT molecular complexity index is 905. The molecule has 1 aromatic heterocycles. The standard InChI is InChI=1S/C22H26N4O2/c1-16(27)25-11-13-26(14-12-25)21-19(15-23)24-20(28-21)10-7-17-5-8-18(9-6-17)22(2,3)4/h5-10H,11-14H2,1-4H3/b10-7+. The largest absolute Gasteiger partial charge is 0.420 e. The number of aromatic nitrogens is 1. The number of rotatable bonds is 3. The summed E-state index contributed by atoms with van der Waals surface area (Å²) in [4.78, 5) is 19.5. The van der Waals surface area contributed by atoms with Crippen LogP contribution < -0.4 is 4.90 Å². The van der Waals surface area contributed by atoms with Gasteiger partial charge in [0, 0.05) is 39.2 Å². The van der Waals surface area contributed by atoms with Crippen LogP contribution in [0.1, 0.15) is 50.4 Å². The van der Waals surface area contributed by atoms with Crippen molar-refractivity contribution in [3.8, 4) is 6.07 Å². The number of benzene rings is 1. The fraction of sp³-hybridized carbons (Fsp3) is 0.409. The second kappa shape index (κ2) is 7.89. The molecule has 6 heteroatoms. The number of carbonyl (C=O) groups is 1. The number of piperazine rings is 1. The van der Waals surface area contributed by atoms with Crippen molar-refractivity contribution < 1.29 is 9.21 Å². The number of nitrogens with zero attached hydrogens (tertiary/aromatic N) is 4. The van der Waals surface area contributed by atoms with Crippen LogP contribution in [0, 0.1) is 11.3 Å². The number of amides is 1. The Kier molecular flexibility index (Phi) is 5.55. The summed E-state index contributed by atoms with van der Waals surface area (Å²) in [7, 11) is 0. The highest BCUT2D eigenvalue weighted by Crippen LogP contribution is 2.25. The molecule has 3 rings (SSSR count). The monoisotopic (exact) mass is 378 g/mol. The number of hydrogen-bond acceptors (Lipinski definition) is 5. The van der Waals surface area contributed by atoms with E-state index in [1.165, 1.54) is 5.56 Å². The number of anilines is 1. The first-order valence-electron chi connectivity index (χ1n) is 9.48. The summed E-state index contributed by atoms with van der Waals surface area (Å²) in [6.45, 7) is 10.6. The molecule has 28 heavy (non-hydrogen) atoms. The summed E-state index contributed by atoms with van der Waals surface area (Å²) in [5.41, 5.74) is 2.72. The van der Waals surface area contributed by atoms with E-state index in [0.29, 0.717) is 38.0 Å². The highest BCUT2D eigenvalue weighted by atomic mass is 16.4. The van der Waals surface area contributed by atoms with E-state index in [2.05, 4.69) is 56.1 Å². The smallest absolute Gasteiger partial charge is 0.235 e. The minimum absolute atomic E-state index is 0.0684. The molecular formula is C22H26N4O2. The molecule has 0 bridgehead atoms. The number of hydrogen-bond donors (Lipinski definition) is 0. The van der Waals surface area contributed by atoms with Gasteiger partial charge in [-0.2, -0.15) is 10.2 Å². The van der Waals surface area contributed by atoms with E-state index in [0.717, 1.165) is 5.56 Å². The van der Waals surface area contributed by atoms with Crippen molar-refractivity contribution in [3.63, 3.8) is 0 Å². The number of nitriles is 1. The fourth-order valence-corrected chi connectivity index (χ4v) is 3.17. The molecule has 0 saturated carbocycles. The van der Waals surface area contributed by atoms with Gasteiger partial charge in [-0.1, -0.05) is 45.0 Å². The number of oxazole rings is 1. The van der Waals surface area contributed by atoms with E-state index in [1.54, 1.807) is 17.9 Å². The molecule has 0 atom stereocenters. The van der Waals surface area contributed by atoms with Crippen molar-refractivity contribution in [2.45, 2.75) is 33.1 Å². The maximum absolute atomic E-state index is 11.5. The number of carbonyl (C=O) groups excluding carboxylic acids is 1. The zero-order valence-corrected chi connectivity index (χ0v) is 16.9. The molecule has 0 radical (unpaired) electrons. The van der Waals surface area contributed by atoms with Crippen molar-refractivity contribution in [1.82, 2.24) is 9.88 Å². The first-order chi connectivity index (χ1) is 13.3. The van der Waals surface area contributed by atoms with Crippen LogP contribution in [0.3, 0.4) is 0 Å². The predicted octanol–water partition coefficient (Wildman–Crippen LogP) is 3.68. The Balaban J connectivity index is 1.73. The summed E-state index contributed by atoms with van der Waals surface area (Å²) >= 11 is 0. The third-order valence-corrected chi connectivity index (χ3v) is 4.94. The Hall–Kier alpha value is -3.07. The van der Waals surface area contributed by atoms with Crippen LogP contribution in [0.2, 0.25) is 0 Å². The third kappa shape index (κ3) is 4.42. The van der Waals surface area contributed by atoms with Gasteiger partial charge in [-0.05, 0) is 22.6 Å². The van der Waals surface area contributed by atoms with Gasteiger partial charge in [0.25, 0.3) is 0 Å². The summed E-state index contributed by atoms with van der Waals surface area (Å²) in [6, 6.07) is 10.5. The molecular weight excluding hydrogens is 352 g/mol. The molecule has 0 spiro atoms. The Morgan fingerprint density at radius 2 is 1.79 bits per heavy atom. The van der Waals surface area contributed by atoms with E-state index in [4.69, 9.17) is 4.42 Å². The average molecular weight is 378 g/mol. The molecule has 1 fully saturated rings. The average Bonchev–Trinajstić information content (AvgIpc) is 3.09. The van der Waals surface area contributed by atoms with Gasteiger partial charge in [0.05, 0.1) is 0 Å². The molecule has 1 aliphatic rings. The van der Waals surface area contributed by atoms with Gasteiger partial charge >= 0.3 is 0 Å². The molecule has 1 saturated heterocycles. The SMILES string of the molecule is CC(=O)N1CCN(c2oc(/C=C/c3ccc(C(C)(C)C)cc3)nc2C#N)CC1. The molecule has 1 aliphatic heterocycles. The summed E-state index contributed by atoms with van der Waals surface area (Å²) < 4.78 is 5.84. The van der Waals surface area contributed by atoms with Gasteiger partial charge in [-0.3, -0.25) is 4.79 Å². The zero-order valence-electron chi connectivity index (χ0n) is 16.9. The van der Waals surface area contributed by atoms with Crippen LogP contribution in [0.25, 0.3) is 12.2 Å². The Labute approximate surface area is 166 Å². The Morgan fingerprint density at radius 3 is 2.32 bits per heavy atom. The molecule has 1 aromatic carbocycles. The second-order valence-electron chi connectivity index (χ2n) is 8.02. The van der Waals surface area contributed by atoms with Crippen molar-refractivity contribution in [2.75, 3.05) is 31.1 Å². The van der Waals surface area contributed by atoms with E-state index in [9.17, 15) is 10.1 Å². The van der Waals surface area contributed by atoms with E-state index >= 15 is 0 Å². The van der Waals surface area contributed by atoms with E-state index in [-0.39, 0.29) is 17.0 Å². The van der Waals surface area contributed by atoms with Crippen molar-refractivity contribution in [1.29, 1.82) is 5.26 Å². The van der Waals surface area contributed by atoms with Crippen LogP contribution in [-0.4, -0.2) is 42.0 Å². The van der Waals surface area contributed by atoms with Gasteiger partial charge in [-0.15, -0.1) is 0 Å². The summed E-state index contributed by atoms with van der Waals surface area (Å²) in [5, 5.41) is 9.41. The Morgan fingerprint density at radius 1 is 1.14 bits per heavy atom. The predicted molar refractivity (Wildman–Crippen MR) is 110 cm³/mol. The van der Waals surface area contributed by atoms with Gasteiger partial charge in [0.2, 0.25) is 23.4 Å². The van der Waals surface area contributed by atoms with Crippen molar-refractivity contribution >= 4 is 23.9 Å². The molecule has 2 heterocycles. The maximum Gasteiger partial charge on any atom is 0.235 e. The van der Waals surface area contributed by atoms with Gasteiger partial charge in [-0.25, -0.2) is 0 Å². The zero-order chi connectivity index (χ0) is 20.3. The molecule has 1 amide bonds. The van der Waals surface area contributed by atoms with Crippen molar-refractivity contribution in [3.05, 3.63) is 47.0 Å². The summed E-state index contributed by atoms with van der Waals surface area (Å²) in [6.07, 6.45) is 3.71. The quantitative estimate of drug-likeness (QED) is 0.814. The first kappa shape index (κ1) is 19.7. The minimum atomic E-state index is 0.0684. The first-order valence-corrected chi connectivity index (χ1v) is 9.48. The molecule has 6 nitrogen and oxygen atoms in total. The summed E-state index contributed by atoms with van der Waals surface area (Å²) in [5.74, 6) is 0.952. The molecule has 2 aromatic rings. The lowest BCUT2D eigenvalue weighted by Gasteiger charge is -2.33. The van der Waals surface area contributed by atoms with E-state index in [1.807, 2.05) is 11.0 Å². The van der Waals surface area contributed by atoms with Crippen LogP contribution in [-0.2, 0) is 10.2 Å². The van der Waals surface area contributed by atoms with Gasteiger partial charge < -0.3 is 14.2 Å². The van der Waals surface area contributed by atoms with Gasteiger partial charge in [0.15, 0.2) is 0 Å². The molecule has 0 aliphatic carbocycles. The second-order valence-corrected chi connectivity index (χ2v) is 8.02. The maximum atomic E-state index is 11.5. The third-order valence-electron chi connectivity index (χ3n) is 4.94.